The number of esters is 1. The van der Waals surface area contributed by atoms with E-state index in [1.165, 1.54) is 0 Å². The van der Waals surface area contributed by atoms with Crippen LogP contribution in [0.3, 0.4) is 0 Å². The Morgan fingerprint density at radius 1 is 1.25 bits per heavy atom. The molecule has 7 nitrogen and oxygen atoms in total. The molecule has 0 rings (SSSR count). The molecule has 0 saturated heterocycles. The number of ether oxygens (including phenoxy) is 1. The third-order valence-corrected chi connectivity index (χ3v) is 3.03. The van der Waals surface area contributed by atoms with Crippen molar-refractivity contribution < 1.29 is 24.4 Å². The summed E-state index contributed by atoms with van der Waals surface area (Å²) in [6.45, 7) is 3.41. The predicted molar refractivity (Wildman–Crippen MR) is 71.9 cm³/mol. The fourth-order valence-corrected chi connectivity index (χ4v) is 2.04. The van der Waals surface area contributed by atoms with Crippen molar-refractivity contribution in [1.29, 1.82) is 0 Å². The van der Waals surface area contributed by atoms with Crippen molar-refractivity contribution >= 4 is 11.9 Å². The first-order chi connectivity index (χ1) is 9.43. The van der Waals surface area contributed by atoms with Crippen LogP contribution in [0.2, 0.25) is 0 Å². The van der Waals surface area contributed by atoms with Gasteiger partial charge in [-0.25, -0.2) is 0 Å². The van der Waals surface area contributed by atoms with Crippen molar-refractivity contribution in [3.8, 4) is 0 Å². The maximum atomic E-state index is 11.8. The van der Waals surface area contributed by atoms with Gasteiger partial charge in [-0.15, -0.1) is 0 Å². The van der Waals surface area contributed by atoms with Gasteiger partial charge in [-0.05, 0) is 12.8 Å². The Hall–Kier alpha value is -1.66. The Kier molecular flexibility index (Phi) is 9.32. The molecule has 2 unspecified atom stereocenters. The lowest BCUT2D eigenvalue weighted by Crippen LogP contribution is -2.36. The maximum Gasteiger partial charge on any atom is 0.320 e. The molecule has 0 spiro atoms. The average Bonchev–Trinajstić information content (AvgIpc) is 2.34. The molecule has 0 radical (unpaired) electrons. The summed E-state index contributed by atoms with van der Waals surface area (Å²) < 4.78 is 4.93. The molecule has 2 atom stereocenters. The van der Waals surface area contributed by atoms with Crippen LogP contribution in [0.25, 0.3) is 0 Å². The van der Waals surface area contributed by atoms with Gasteiger partial charge >= 0.3 is 11.9 Å². The second-order valence-corrected chi connectivity index (χ2v) is 4.75. The molecule has 0 fully saturated rings. The van der Waals surface area contributed by atoms with Gasteiger partial charge in [0, 0.05) is 10.8 Å². The Balaban J connectivity index is 4.67. The number of hydrogen-bond donors (Lipinski definition) is 1. The topological polar surface area (TPSA) is 107 Å². The van der Waals surface area contributed by atoms with Crippen LogP contribution in [0.4, 0.5) is 0 Å². The third-order valence-electron chi connectivity index (χ3n) is 3.03. The van der Waals surface area contributed by atoms with Crippen LogP contribution in [0.15, 0.2) is 0 Å². The molecule has 0 heterocycles. The van der Waals surface area contributed by atoms with Crippen molar-refractivity contribution in [3.63, 3.8) is 0 Å². The lowest BCUT2D eigenvalue weighted by atomic mass is 9.88. The van der Waals surface area contributed by atoms with Gasteiger partial charge in [0.25, 0.3) is 0 Å². The molecule has 0 aromatic carbocycles. The lowest BCUT2D eigenvalue weighted by molar-refractivity contribution is -0.489. The quantitative estimate of drug-likeness (QED) is 0.205. The Labute approximate surface area is 118 Å². The van der Waals surface area contributed by atoms with Crippen molar-refractivity contribution in [3.05, 3.63) is 10.1 Å². The van der Waals surface area contributed by atoms with Gasteiger partial charge in [-0.3, -0.25) is 19.7 Å². The number of nitrogens with zero attached hydrogens (tertiary/aromatic N) is 1. The zero-order chi connectivity index (χ0) is 15.5. The highest BCUT2D eigenvalue weighted by atomic mass is 16.6. The van der Waals surface area contributed by atoms with Gasteiger partial charge in [0.2, 0.25) is 6.54 Å². The summed E-state index contributed by atoms with van der Waals surface area (Å²) in [4.78, 5) is 33.0. The third kappa shape index (κ3) is 7.06. The highest BCUT2D eigenvalue weighted by Gasteiger charge is 2.38. The van der Waals surface area contributed by atoms with E-state index in [0.29, 0.717) is 19.3 Å². The molecule has 0 aliphatic carbocycles. The second-order valence-electron chi connectivity index (χ2n) is 4.75. The summed E-state index contributed by atoms with van der Waals surface area (Å²) in [7, 11) is 0. The molecule has 0 aliphatic heterocycles. The first-order valence-electron chi connectivity index (χ1n) is 6.95. The van der Waals surface area contributed by atoms with E-state index in [0.717, 1.165) is 12.8 Å². The zero-order valence-electron chi connectivity index (χ0n) is 12.0. The summed E-state index contributed by atoms with van der Waals surface area (Å²) in [6, 6.07) is 0. The number of nitro groups is 1. The van der Waals surface area contributed by atoms with Crippen LogP contribution in [-0.4, -0.2) is 35.1 Å². The van der Waals surface area contributed by atoms with Crippen molar-refractivity contribution in [2.24, 2.45) is 11.8 Å². The molecular formula is C13H23NO6. The number of aliphatic carboxylic acids is 1. The van der Waals surface area contributed by atoms with E-state index in [2.05, 4.69) is 0 Å². The van der Waals surface area contributed by atoms with E-state index >= 15 is 0 Å². The molecule has 0 aromatic heterocycles. The van der Waals surface area contributed by atoms with Gasteiger partial charge in [-0.1, -0.05) is 33.1 Å². The van der Waals surface area contributed by atoms with Crippen LogP contribution in [0.1, 0.15) is 46.0 Å². The monoisotopic (exact) mass is 289 g/mol. The number of hydrogen-bond acceptors (Lipinski definition) is 5. The first kappa shape index (κ1) is 18.3. The first-order valence-corrected chi connectivity index (χ1v) is 6.95. The predicted octanol–water partition coefficient (Wildman–Crippen LogP) is 2.11. The Morgan fingerprint density at radius 3 is 2.35 bits per heavy atom. The molecular weight excluding hydrogens is 266 g/mol. The van der Waals surface area contributed by atoms with E-state index in [9.17, 15) is 19.7 Å². The van der Waals surface area contributed by atoms with Crippen molar-refractivity contribution in [2.45, 2.75) is 46.0 Å². The van der Waals surface area contributed by atoms with Gasteiger partial charge in [0.05, 0.1) is 6.61 Å². The maximum absolute atomic E-state index is 11.8. The van der Waals surface area contributed by atoms with Crippen LogP contribution in [0.5, 0.6) is 0 Å². The number of carboxylic acid groups (broad SMARTS) is 1. The molecule has 0 aliphatic rings. The zero-order valence-corrected chi connectivity index (χ0v) is 12.0. The smallest absolute Gasteiger partial charge is 0.320 e. The number of carbonyl (C=O) groups excluding carboxylic acids is 1. The van der Waals surface area contributed by atoms with Gasteiger partial charge in [0.1, 0.15) is 0 Å². The lowest BCUT2D eigenvalue weighted by Gasteiger charge is -2.19. The second kappa shape index (κ2) is 10.2. The standard InChI is InChI=1S/C13H23NO6/c1-3-5-6-8-20-13(17)11(12(15)16)10(7-4-2)9-14(18)19/h10-11H,3-9H2,1-2H3,(H,15,16). The molecule has 0 amide bonds. The minimum absolute atomic E-state index is 0.160. The molecule has 0 aromatic rings. The minimum Gasteiger partial charge on any atom is -0.481 e. The normalized spacial score (nSPS) is 13.5. The van der Waals surface area contributed by atoms with Crippen molar-refractivity contribution in [2.75, 3.05) is 13.2 Å². The van der Waals surface area contributed by atoms with Crippen molar-refractivity contribution in [1.82, 2.24) is 0 Å². The van der Waals surface area contributed by atoms with Crippen LogP contribution in [0, 0.1) is 22.0 Å². The molecule has 0 saturated carbocycles. The van der Waals surface area contributed by atoms with E-state index in [1.54, 1.807) is 6.92 Å². The van der Waals surface area contributed by atoms with Gasteiger partial charge in [0.15, 0.2) is 5.92 Å². The van der Waals surface area contributed by atoms with Gasteiger partial charge < -0.3 is 9.84 Å². The van der Waals surface area contributed by atoms with Crippen LogP contribution < -0.4 is 0 Å². The number of unbranched alkanes of at least 4 members (excludes halogenated alkanes) is 2. The SMILES string of the molecule is CCCCCOC(=O)C(C(=O)O)C(CCC)C[N+](=O)[O-]. The minimum atomic E-state index is -1.46. The average molecular weight is 289 g/mol. The van der Waals surface area contributed by atoms with E-state index in [1.807, 2.05) is 6.92 Å². The number of carboxylic acids is 1. The largest absolute Gasteiger partial charge is 0.481 e. The fraction of sp³-hybridized carbons (Fsp3) is 0.846. The molecule has 0 bridgehead atoms. The molecule has 20 heavy (non-hydrogen) atoms. The molecule has 7 heteroatoms. The summed E-state index contributed by atoms with van der Waals surface area (Å²) in [5, 5.41) is 19.7. The van der Waals surface area contributed by atoms with Crippen LogP contribution >= 0.6 is 0 Å². The highest BCUT2D eigenvalue weighted by molar-refractivity contribution is 5.94. The highest BCUT2D eigenvalue weighted by Crippen LogP contribution is 2.20. The Morgan fingerprint density at radius 2 is 1.90 bits per heavy atom. The Bertz CT molecular complexity index is 331. The van der Waals surface area contributed by atoms with E-state index in [-0.39, 0.29) is 6.61 Å². The number of carbonyl (C=O) groups is 2. The molecule has 116 valence electrons. The van der Waals surface area contributed by atoms with E-state index < -0.39 is 35.2 Å². The summed E-state index contributed by atoms with van der Waals surface area (Å²) in [5.41, 5.74) is 0. The molecule has 1 N–H and O–H groups in total. The number of rotatable bonds is 11. The van der Waals surface area contributed by atoms with Crippen LogP contribution in [-0.2, 0) is 14.3 Å². The van der Waals surface area contributed by atoms with Gasteiger partial charge in [-0.2, -0.15) is 0 Å². The summed E-state index contributed by atoms with van der Waals surface area (Å²) in [5.74, 6) is -4.51. The summed E-state index contributed by atoms with van der Waals surface area (Å²) >= 11 is 0. The fourth-order valence-electron chi connectivity index (χ4n) is 2.04. The van der Waals surface area contributed by atoms with E-state index in [4.69, 9.17) is 9.84 Å². The summed E-state index contributed by atoms with van der Waals surface area (Å²) in [6.07, 6.45) is 3.40.